The van der Waals surface area contributed by atoms with Gasteiger partial charge in [-0.05, 0) is 31.6 Å². The van der Waals surface area contributed by atoms with Gasteiger partial charge in [0, 0.05) is 36.2 Å². The summed E-state index contributed by atoms with van der Waals surface area (Å²) in [7, 11) is 0. The molecule has 26 heavy (non-hydrogen) atoms. The van der Waals surface area contributed by atoms with Crippen LogP contribution in [0.4, 0.5) is 18.3 Å². The van der Waals surface area contributed by atoms with E-state index >= 15 is 0 Å². The quantitative estimate of drug-likeness (QED) is 0.724. The van der Waals surface area contributed by atoms with Gasteiger partial charge in [-0.15, -0.1) is 11.3 Å². The van der Waals surface area contributed by atoms with Crippen molar-refractivity contribution in [3.8, 4) is 0 Å². The molecule has 2 aliphatic rings. The van der Waals surface area contributed by atoms with Crippen LogP contribution < -0.4 is 11.1 Å². The van der Waals surface area contributed by atoms with E-state index in [0.29, 0.717) is 11.0 Å². The van der Waals surface area contributed by atoms with Gasteiger partial charge in [0.15, 0.2) is 5.13 Å². The van der Waals surface area contributed by atoms with Crippen LogP contribution in [0.3, 0.4) is 0 Å². The Morgan fingerprint density at radius 2 is 1.88 bits per heavy atom. The fourth-order valence-corrected chi connectivity index (χ4v) is 3.59. The van der Waals surface area contributed by atoms with Crippen molar-refractivity contribution in [1.82, 2.24) is 4.98 Å². The topological polar surface area (TPSA) is 115 Å². The average Bonchev–Trinajstić information content (AvgIpc) is 3.01. The summed E-state index contributed by atoms with van der Waals surface area (Å²) >= 11 is 1.59. The molecule has 1 saturated heterocycles. The first-order chi connectivity index (χ1) is 12.2. The van der Waals surface area contributed by atoms with Gasteiger partial charge in [-0.25, -0.2) is 9.78 Å². The summed E-state index contributed by atoms with van der Waals surface area (Å²) in [4.78, 5) is 26.4. The lowest BCUT2D eigenvalue weighted by molar-refractivity contribution is -0.192. The van der Waals surface area contributed by atoms with Crippen LogP contribution >= 0.6 is 11.3 Å². The Morgan fingerprint density at radius 3 is 2.38 bits per heavy atom. The zero-order valence-corrected chi connectivity index (χ0v) is 14.6. The molecule has 4 N–H and O–H groups in total. The maximum Gasteiger partial charge on any atom is 0.490 e. The number of halogens is 3. The second kappa shape index (κ2) is 8.78. The first-order valence-electron chi connectivity index (χ1n) is 8.07. The van der Waals surface area contributed by atoms with Crippen molar-refractivity contribution in [2.45, 2.75) is 43.8 Å². The first-order valence-corrected chi connectivity index (χ1v) is 8.88. The summed E-state index contributed by atoms with van der Waals surface area (Å²) in [5, 5.41) is 10.7. The standard InChI is InChI=1S/C13H19N3O2S.C2HF3O2/c14-10-5-9(6-10)12(17)16-13-15-7-11(19-13)8-1-3-18-4-2-8;3-2(4,5)1(6)7/h7-10H,1-6,14H2,(H,15,16,17);(H,6,7)/t9-,10-;. The van der Waals surface area contributed by atoms with Crippen molar-refractivity contribution in [3.63, 3.8) is 0 Å². The molecule has 0 aromatic carbocycles. The molecule has 3 rings (SSSR count). The molecular weight excluding hydrogens is 375 g/mol. The lowest BCUT2D eigenvalue weighted by Crippen LogP contribution is -2.42. The highest BCUT2D eigenvalue weighted by Crippen LogP contribution is 2.33. The molecule has 1 aromatic rings. The van der Waals surface area contributed by atoms with Crippen molar-refractivity contribution >= 4 is 28.3 Å². The predicted molar refractivity (Wildman–Crippen MR) is 87.9 cm³/mol. The molecule has 146 valence electrons. The van der Waals surface area contributed by atoms with Crippen LogP contribution in [0.15, 0.2) is 6.20 Å². The molecule has 7 nitrogen and oxygen atoms in total. The van der Waals surface area contributed by atoms with Gasteiger partial charge in [0.2, 0.25) is 5.91 Å². The first kappa shape index (κ1) is 20.6. The van der Waals surface area contributed by atoms with Crippen molar-refractivity contribution in [2.75, 3.05) is 18.5 Å². The molecule has 2 heterocycles. The highest BCUT2D eigenvalue weighted by molar-refractivity contribution is 7.15. The molecular formula is C15H20F3N3O4S. The van der Waals surface area contributed by atoms with Gasteiger partial charge in [-0.1, -0.05) is 0 Å². The Hall–Kier alpha value is -1.72. The number of carboxylic acids is 1. The monoisotopic (exact) mass is 395 g/mol. The second-order valence-electron chi connectivity index (χ2n) is 6.17. The number of ether oxygens (including phenoxy) is 1. The average molecular weight is 395 g/mol. The van der Waals surface area contributed by atoms with E-state index in [1.54, 1.807) is 11.3 Å². The van der Waals surface area contributed by atoms with E-state index < -0.39 is 12.1 Å². The summed E-state index contributed by atoms with van der Waals surface area (Å²) < 4.78 is 37.1. The van der Waals surface area contributed by atoms with Crippen LogP contribution in [0.25, 0.3) is 0 Å². The third kappa shape index (κ3) is 5.92. The third-order valence-electron chi connectivity index (χ3n) is 4.17. The number of carbonyl (C=O) groups is 2. The number of amides is 1. The summed E-state index contributed by atoms with van der Waals surface area (Å²) in [6, 6.07) is 0.199. The van der Waals surface area contributed by atoms with E-state index in [1.807, 2.05) is 6.20 Å². The lowest BCUT2D eigenvalue weighted by atomic mass is 9.80. The van der Waals surface area contributed by atoms with Crippen LogP contribution in [0.1, 0.15) is 36.5 Å². The predicted octanol–water partition coefficient (Wildman–Crippen LogP) is 2.35. The minimum absolute atomic E-state index is 0.0644. The third-order valence-corrected chi connectivity index (χ3v) is 5.24. The molecule has 0 radical (unpaired) electrons. The summed E-state index contributed by atoms with van der Waals surface area (Å²) in [5.74, 6) is -2.08. The summed E-state index contributed by atoms with van der Waals surface area (Å²) in [6.45, 7) is 1.65. The van der Waals surface area contributed by atoms with E-state index in [1.165, 1.54) is 4.88 Å². The molecule has 0 atom stereocenters. The molecule has 0 unspecified atom stereocenters. The number of alkyl halides is 3. The Morgan fingerprint density at radius 1 is 1.31 bits per heavy atom. The summed E-state index contributed by atoms with van der Waals surface area (Å²) in [5.41, 5.74) is 5.70. The number of carbonyl (C=O) groups excluding carboxylic acids is 1. The molecule has 1 aliphatic heterocycles. The van der Waals surface area contributed by atoms with E-state index in [9.17, 15) is 18.0 Å². The number of hydrogen-bond donors (Lipinski definition) is 3. The molecule has 11 heteroatoms. The number of aliphatic carboxylic acids is 1. The number of aromatic nitrogens is 1. The van der Waals surface area contributed by atoms with Crippen LogP contribution in [-0.2, 0) is 14.3 Å². The molecule has 1 amide bonds. The molecule has 0 spiro atoms. The zero-order valence-electron chi connectivity index (χ0n) is 13.8. The van der Waals surface area contributed by atoms with E-state index in [-0.39, 0.29) is 17.9 Å². The summed E-state index contributed by atoms with van der Waals surface area (Å²) in [6.07, 6.45) is 0.497. The number of nitrogens with zero attached hydrogens (tertiary/aromatic N) is 1. The highest BCUT2D eigenvalue weighted by Gasteiger charge is 2.38. The minimum atomic E-state index is -5.08. The van der Waals surface area contributed by atoms with Crippen LogP contribution in [0, 0.1) is 5.92 Å². The SMILES string of the molecule is N[C@H]1C[C@H](C(=O)Nc2ncc(C3CCOCC3)s2)C1.O=C(O)C(F)(F)F. The minimum Gasteiger partial charge on any atom is -0.475 e. The number of rotatable bonds is 3. The maximum absolute atomic E-state index is 11.9. The number of anilines is 1. The normalized spacial score (nSPS) is 23.4. The van der Waals surface area contributed by atoms with Gasteiger partial charge in [-0.2, -0.15) is 13.2 Å². The van der Waals surface area contributed by atoms with E-state index in [2.05, 4.69) is 10.3 Å². The second-order valence-corrected chi connectivity index (χ2v) is 7.24. The van der Waals surface area contributed by atoms with Crippen molar-refractivity contribution in [1.29, 1.82) is 0 Å². The van der Waals surface area contributed by atoms with Gasteiger partial charge in [0.05, 0.1) is 0 Å². The van der Waals surface area contributed by atoms with Crippen LogP contribution in [-0.4, -0.2) is 47.4 Å². The largest absolute Gasteiger partial charge is 0.490 e. The van der Waals surface area contributed by atoms with E-state index in [4.69, 9.17) is 20.4 Å². The van der Waals surface area contributed by atoms with Crippen molar-refractivity contribution in [3.05, 3.63) is 11.1 Å². The smallest absolute Gasteiger partial charge is 0.475 e. The van der Waals surface area contributed by atoms with Gasteiger partial charge in [0.1, 0.15) is 0 Å². The van der Waals surface area contributed by atoms with E-state index in [0.717, 1.165) is 38.9 Å². The van der Waals surface area contributed by atoms with Crippen LogP contribution in [0.2, 0.25) is 0 Å². The molecule has 1 aliphatic carbocycles. The lowest BCUT2D eigenvalue weighted by Gasteiger charge is -2.30. The molecule has 2 fully saturated rings. The number of nitrogens with one attached hydrogen (secondary N) is 1. The molecule has 0 bridgehead atoms. The van der Waals surface area contributed by atoms with Gasteiger partial charge >= 0.3 is 12.1 Å². The molecule has 1 aromatic heterocycles. The fraction of sp³-hybridized carbons (Fsp3) is 0.667. The molecule has 1 saturated carbocycles. The Kier molecular flexibility index (Phi) is 6.95. The zero-order chi connectivity index (χ0) is 19.3. The Bertz CT molecular complexity index is 626. The maximum atomic E-state index is 11.9. The fourth-order valence-electron chi connectivity index (χ4n) is 2.60. The number of thiazole rings is 1. The highest BCUT2D eigenvalue weighted by atomic mass is 32.1. The Balaban J connectivity index is 0.000000298. The van der Waals surface area contributed by atoms with Crippen molar-refractivity contribution < 1.29 is 32.6 Å². The number of hydrogen-bond acceptors (Lipinski definition) is 6. The van der Waals surface area contributed by atoms with Crippen LogP contribution in [0.5, 0.6) is 0 Å². The Labute approximate surface area is 151 Å². The van der Waals surface area contributed by atoms with Gasteiger partial charge in [0.25, 0.3) is 0 Å². The number of nitrogens with two attached hydrogens (primary N) is 1. The van der Waals surface area contributed by atoms with Gasteiger partial charge < -0.3 is 20.9 Å². The number of carboxylic acid groups (broad SMARTS) is 1. The van der Waals surface area contributed by atoms with Crippen molar-refractivity contribution in [2.24, 2.45) is 11.7 Å². The van der Waals surface area contributed by atoms with Gasteiger partial charge in [-0.3, -0.25) is 4.79 Å².